The van der Waals surface area contributed by atoms with E-state index in [1.165, 1.54) is 0 Å². The molecule has 1 aliphatic heterocycles. The van der Waals surface area contributed by atoms with Crippen LogP contribution < -0.4 is 0 Å². The van der Waals surface area contributed by atoms with Crippen LogP contribution in [0.4, 0.5) is 0 Å². The molecule has 2 atom stereocenters. The maximum absolute atomic E-state index is 11.2. The van der Waals surface area contributed by atoms with Gasteiger partial charge in [0.25, 0.3) is 0 Å². The van der Waals surface area contributed by atoms with Crippen molar-refractivity contribution in [1.82, 2.24) is 0 Å². The fourth-order valence-corrected chi connectivity index (χ4v) is 1.24. The van der Waals surface area contributed by atoms with E-state index in [-0.39, 0.29) is 18.2 Å². The Hall–Kier alpha value is -1.35. The first-order valence-electron chi connectivity index (χ1n) is 4.63. The highest BCUT2D eigenvalue weighted by molar-refractivity contribution is 5.77. The molecule has 1 aromatic carbocycles. The van der Waals surface area contributed by atoms with Gasteiger partial charge in [-0.2, -0.15) is 0 Å². The first-order chi connectivity index (χ1) is 6.77. The predicted octanol–water partition coefficient (Wildman–Crippen LogP) is 1.52. The van der Waals surface area contributed by atoms with Crippen LogP contribution >= 0.6 is 0 Å². The number of benzene rings is 1. The van der Waals surface area contributed by atoms with Crippen LogP contribution in [0, 0.1) is 0 Å². The fourth-order valence-electron chi connectivity index (χ4n) is 1.24. The molecule has 1 saturated heterocycles. The molecule has 3 nitrogen and oxygen atoms in total. The lowest BCUT2D eigenvalue weighted by Gasteiger charge is -2.02. The Morgan fingerprint density at radius 3 is 2.64 bits per heavy atom. The fraction of sp³-hybridized carbons (Fsp3) is 0.364. The van der Waals surface area contributed by atoms with Crippen LogP contribution in [0.5, 0.6) is 0 Å². The Bertz CT molecular complexity index is 321. The molecule has 0 radical (unpaired) electrons. The van der Waals surface area contributed by atoms with Crippen LogP contribution in [0.1, 0.15) is 12.5 Å². The van der Waals surface area contributed by atoms with Gasteiger partial charge in [-0.05, 0) is 12.5 Å². The Morgan fingerprint density at radius 2 is 2.07 bits per heavy atom. The normalized spacial score (nSPS) is 24.4. The minimum atomic E-state index is -0.335. The molecule has 0 N–H and O–H groups in total. The average Bonchev–Trinajstić information content (AvgIpc) is 2.94. The maximum Gasteiger partial charge on any atom is 0.338 e. The third-order valence-electron chi connectivity index (χ3n) is 2.17. The van der Waals surface area contributed by atoms with Crippen molar-refractivity contribution >= 4 is 5.97 Å². The summed E-state index contributed by atoms with van der Waals surface area (Å²) in [5.41, 5.74) is 0.995. The second-order valence-electron chi connectivity index (χ2n) is 3.36. The predicted molar refractivity (Wildman–Crippen MR) is 50.6 cm³/mol. The largest absolute Gasteiger partial charge is 0.459 e. The molecule has 0 aromatic heterocycles. The van der Waals surface area contributed by atoms with Gasteiger partial charge in [0.2, 0.25) is 0 Å². The zero-order valence-corrected chi connectivity index (χ0v) is 7.97. The summed E-state index contributed by atoms with van der Waals surface area (Å²) in [6, 6.07) is 9.60. The summed E-state index contributed by atoms with van der Waals surface area (Å²) < 4.78 is 10.1. The van der Waals surface area contributed by atoms with E-state index in [1.54, 1.807) is 0 Å². The summed E-state index contributed by atoms with van der Waals surface area (Å²) in [5.74, 6) is -0.263. The van der Waals surface area contributed by atoms with E-state index in [2.05, 4.69) is 0 Å². The van der Waals surface area contributed by atoms with Crippen LogP contribution in [0.15, 0.2) is 30.3 Å². The molecule has 14 heavy (non-hydrogen) atoms. The highest BCUT2D eigenvalue weighted by Crippen LogP contribution is 2.22. The van der Waals surface area contributed by atoms with Gasteiger partial charge in [-0.25, -0.2) is 4.79 Å². The molecule has 0 bridgehead atoms. The van der Waals surface area contributed by atoms with Gasteiger partial charge >= 0.3 is 5.97 Å². The van der Waals surface area contributed by atoms with Crippen molar-refractivity contribution in [2.24, 2.45) is 0 Å². The number of hydrogen-bond donors (Lipinski definition) is 0. The van der Waals surface area contributed by atoms with Gasteiger partial charge in [0, 0.05) is 0 Å². The van der Waals surface area contributed by atoms with Gasteiger partial charge in [0.1, 0.15) is 6.61 Å². The first-order valence-corrected chi connectivity index (χ1v) is 4.63. The molecule has 2 rings (SSSR count). The van der Waals surface area contributed by atoms with Crippen LogP contribution in [-0.4, -0.2) is 18.2 Å². The quantitative estimate of drug-likeness (QED) is 0.538. The summed E-state index contributed by atoms with van der Waals surface area (Å²) in [7, 11) is 0. The number of hydrogen-bond acceptors (Lipinski definition) is 3. The molecule has 1 fully saturated rings. The maximum atomic E-state index is 11.2. The lowest BCUT2D eigenvalue weighted by molar-refractivity contribution is -0.146. The van der Waals surface area contributed by atoms with Crippen molar-refractivity contribution in [3.63, 3.8) is 0 Å². The molecular weight excluding hydrogens is 180 g/mol. The summed E-state index contributed by atoms with van der Waals surface area (Å²) in [6.45, 7) is 2.18. The smallest absolute Gasteiger partial charge is 0.338 e. The van der Waals surface area contributed by atoms with Crippen molar-refractivity contribution in [2.75, 3.05) is 0 Å². The monoisotopic (exact) mass is 192 g/mol. The number of esters is 1. The molecular formula is C11H12O3. The van der Waals surface area contributed by atoms with Crippen molar-refractivity contribution in [2.45, 2.75) is 25.7 Å². The molecule has 0 spiro atoms. The van der Waals surface area contributed by atoms with E-state index < -0.39 is 0 Å². The van der Waals surface area contributed by atoms with E-state index in [4.69, 9.17) is 9.47 Å². The van der Waals surface area contributed by atoms with Crippen molar-refractivity contribution in [3.05, 3.63) is 35.9 Å². The first kappa shape index (κ1) is 9.21. The van der Waals surface area contributed by atoms with Gasteiger partial charge in [0.05, 0.1) is 6.10 Å². The highest BCUT2D eigenvalue weighted by Gasteiger charge is 2.42. The van der Waals surface area contributed by atoms with E-state index in [0.717, 1.165) is 5.56 Å². The lowest BCUT2D eigenvalue weighted by Crippen LogP contribution is -2.12. The number of carbonyl (C=O) groups excluding carboxylic acids is 1. The Morgan fingerprint density at radius 1 is 1.43 bits per heavy atom. The van der Waals surface area contributed by atoms with Gasteiger partial charge in [-0.15, -0.1) is 0 Å². The van der Waals surface area contributed by atoms with Crippen molar-refractivity contribution in [3.8, 4) is 0 Å². The molecule has 1 aliphatic rings. The summed E-state index contributed by atoms with van der Waals surface area (Å²) >= 11 is 0. The number of epoxide rings is 1. The second-order valence-corrected chi connectivity index (χ2v) is 3.36. The molecule has 1 aromatic rings. The standard InChI is InChI=1S/C11H12O3/c1-8-10(14-8)11(12)13-7-9-5-3-2-4-6-9/h2-6,8,10H,7H2,1H3/t8-,10+/m0/s1. The SMILES string of the molecule is C[C@@H]1O[C@H]1C(=O)OCc1ccccc1. The lowest BCUT2D eigenvalue weighted by atomic mass is 10.2. The number of ether oxygens (including phenoxy) is 2. The molecule has 0 saturated carbocycles. The Kier molecular flexibility index (Phi) is 2.50. The second kappa shape index (κ2) is 3.80. The highest BCUT2D eigenvalue weighted by atomic mass is 16.6. The van der Waals surface area contributed by atoms with Gasteiger partial charge in [-0.1, -0.05) is 30.3 Å². The van der Waals surface area contributed by atoms with Crippen molar-refractivity contribution < 1.29 is 14.3 Å². The third kappa shape index (κ3) is 2.12. The number of rotatable bonds is 3. The molecule has 74 valence electrons. The van der Waals surface area contributed by atoms with E-state index in [0.29, 0.717) is 6.61 Å². The van der Waals surface area contributed by atoms with Crippen LogP contribution in [0.25, 0.3) is 0 Å². The van der Waals surface area contributed by atoms with Gasteiger partial charge in [-0.3, -0.25) is 0 Å². The van der Waals surface area contributed by atoms with Gasteiger partial charge < -0.3 is 9.47 Å². The Balaban J connectivity index is 1.80. The third-order valence-corrected chi connectivity index (χ3v) is 2.17. The van der Waals surface area contributed by atoms with Crippen LogP contribution in [0.3, 0.4) is 0 Å². The molecule has 0 unspecified atom stereocenters. The Labute approximate surface area is 82.6 Å². The topological polar surface area (TPSA) is 38.8 Å². The van der Waals surface area contributed by atoms with E-state index in [1.807, 2.05) is 37.3 Å². The van der Waals surface area contributed by atoms with Crippen LogP contribution in [0.2, 0.25) is 0 Å². The average molecular weight is 192 g/mol. The molecule has 0 amide bonds. The summed E-state index contributed by atoms with van der Waals surface area (Å²) in [5, 5.41) is 0. The summed E-state index contributed by atoms with van der Waals surface area (Å²) in [4.78, 5) is 11.2. The van der Waals surface area contributed by atoms with E-state index >= 15 is 0 Å². The molecule has 0 aliphatic carbocycles. The molecule has 1 heterocycles. The zero-order chi connectivity index (χ0) is 9.97. The zero-order valence-electron chi connectivity index (χ0n) is 7.97. The van der Waals surface area contributed by atoms with Crippen LogP contribution in [-0.2, 0) is 20.9 Å². The number of carbonyl (C=O) groups is 1. The van der Waals surface area contributed by atoms with E-state index in [9.17, 15) is 4.79 Å². The summed E-state index contributed by atoms with van der Waals surface area (Å²) in [6.07, 6.45) is -0.308. The van der Waals surface area contributed by atoms with Crippen molar-refractivity contribution in [1.29, 1.82) is 0 Å². The molecule has 3 heteroatoms. The minimum Gasteiger partial charge on any atom is -0.459 e. The van der Waals surface area contributed by atoms with Gasteiger partial charge in [0.15, 0.2) is 6.10 Å². The minimum absolute atomic E-state index is 0.0262.